The molecule has 0 bridgehead atoms. The van der Waals surface area contributed by atoms with Crippen LogP contribution in [0.1, 0.15) is 51.3 Å². The first-order valence-electron chi connectivity index (χ1n) is 12.3. The number of ether oxygens (including phenoxy) is 1. The van der Waals surface area contributed by atoms with Crippen LogP contribution in [0.2, 0.25) is 0 Å². The molecule has 1 saturated heterocycles. The van der Waals surface area contributed by atoms with E-state index in [1.54, 1.807) is 6.20 Å². The third-order valence-electron chi connectivity index (χ3n) is 6.27. The fraction of sp³-hybridized carbons (Fsp3) is 0.615. The number of fused-ring (bicyclic) bond motifs is 1. The van der Waals surface area contributed by atoms with Crippen LogP contribution in [0.3, 0.4) is 0 Å². The molecular formula is C26H36FN5O2. The molecule has 0 N–H and O–H groups in total. The van der Waals surface area contributed by atoms with Crippen molar-refractivity contribution in [2.24, 2.45) is 5.41 Å². The standard InChI is InChI=1S/C26H36FN5O2/c1-26(2,3)15-19(33)17-31(4)25-21-6-5-7-22(21)29-24(30-25)23-14-20(8-10-28-23)34-13-12-32-11-9-18(27)16-32/h8,10,14,18H,5-7,9,11-13,15-17H2,1-4H3/t18-/m0/s1. The van der Waals surface area contributed by atoms with Gasteiger partial charge in [-0.1, -0.05) is 20.8 Å². The fourth-order valence-electron chi connectivity index (χ4n) is 4.73. The number of pyridine rings is 1. The van der Waals surface area contributed by atoms with Gasteiger partial charge >= 0.3 is 0 Å². The maximum absolute atomic E-state index is 13.4. The number of carbonyl (C=O) groups is 1. The number of carbonyl (C=O) groups excluding carboxylic acids is 1. The topological polar surface area (TPSA) is 71.5 Å². The molecule has 0 amide bonds. The predicted octanol–water partition coefficient (Wildman–Crippen LogP) is 3.89. The fourth-order valence-corrected chi connectivity index (χ4v) is 4.73. The molecule has 184 valence electrons. The molecule has 0 spiro atoms. The van der Waals surface area contributed by atoms with Gasteiger partial charge in [0.1, 0.15) is 30.0 Å². The van der Waals surface area contributed by atoms with E-state index in [4.69, 9.17) is 14.7 Å². The number of aromatic nitrogens is 3. The van der Waals surface area contributed by atoms with E-state index in [1.807, 2.05) is 24.1 Å². The molecule has 0 unspecified atom stereocenters. The van der Waals surface area contributed by atoms with Crippen LogP contribution in [-0.2, 0) is 17.6 Å². The van der Waals surface area contributed by atoms with Crippen molar-refractivity contribution in [3.63, 3.8) is 0 Å². The lowest BCUT2D eigenvalue weighted by molar-refractivity contribution is -0.119. The Labute approximate surface area is 201 Å². The third-order valence-corrected chi connectivity index (χ3v) is 6.27. The summed E-state index contributed by atoms with van der Waals surface area (Å²) in [7, 11) is 1.93. The zero-order valence-electron chi connectivity index (χ0n) is 20.8. The van der Waals surface area contributed by atoms with Crippen molar-refractivity contribution in [1.82, 2.24) is 19.9 Å². The number of likely N-dealkylation sites (tertiary alicyclic amines) is 1. The first-order valence-corrected chi connectivity index (χ1v) is 12.3. The monoisotopic (exact) mass is 469 g/mol. The Morgan fingerprint density at radius 1 is 1.29 bits per heavy atom. The lowest BCUT2D eigenvalue weighted by Gasteiger charge is -2.23. The van der Waals surface area contributed by atoms with E-state index in [1.165, 1.54) is 0 Å². The first-order chi connectivity index (χ1) is 16.2. The lowest BCUT2D eigenvalue weighted by Crippen LogP contribution is -2.30. The molecule has 2 aromatic rings. The Kier molecular flexibility index (Phi) is 7.45. The summed E-state index contributed by atoms with van der Waals surface area (Å²) < 4.78 is 19.3. The van der Waals surface area contributed by atoms with Gasteiger partial charge in [-0.2, -0.15) is 0 Å². The molecule has 4 rings (SSSR count). The van der Waals surface area contributed by atoms with Crippen molar-refractivity contribution in [2.45, 2.75) is 59.0 Å². The van der Waals surface area contributed by atoms with E-state index < -0.39 is 6.17 Å². The summed E-state index contributed by atoms with van der Waals surface area (Å²) >= 11 is 0. The predicted molar refractivity (Wildman–Crippen MR) is 131 cm³/mol. The summed E-state index contributed by atoms with van der Waals surface area (Å²) in [4.78, 5) is 30.8. The molecule has 8 heteroatoms. The number of ketones is 1. The molecule has 2 aliphatic rings. The number of Topliss-reactive ketones (excluding diaryl/α,β-unsaturated/α-hetero) is 1. The van der Waals surface area contributed by atoms with E-state index in [0.29, 0.717) is 56.4 Å². The van der Waals surface area contributed by atoms with Crippen LogP contribution < -0.4 is 9.64 Å². The number of hydrogen-bond donors (Lipinski definition) is 0. The van der Waals surface area contributed by atoms with Crippen LogP contribution >= 0.6 is 0 Å². The number of rotatable bonds is 9. The highest BCUT2D eigenvalue weighted by Crippen LogP contribution is 2.31. The quantitative estimate of drug-likeness (QED) is 0.552. The van der Waals surface area contributed by atoms with Crippen molar-refractivity contribution in [1.29, 1.82) is 0 Å². The number of alkyl halides is 1. The molecule has 7 nitrogen and oxygen atoms in total. The van der Waals surface area contributed by atoms with Gasteiger partial charge in [0.2, 0.25) is 0 Å². The van der Waals surface area contributed by atoms with Crippen molar-refractivity contribution < 1.29 is 13.9 Å². The largest absolute Gasteiger partial charge is 0.492 e. The Hall–Kier alpha value is -2.61. The highest BCUT2D eigenvalue weighted by atomic mass is 19.1. The van der Waals surface area contributed by atoms with Gasteiger partial charge in [-0.3, -0.25) is 14.7 Å². The zero-order chi connectivity index (χ0) is 24.3. The van der Waals surface area contributed by atoms with Gasteiger partial charge in [0.15, 0.2) is 11.6 Å². The summed E-state index contributed by atoms with van der Waals surface area (Å²) in [5, 5.41) is 0. The second-order valence-corrected chi connectivity index (χ2v) is 10.7. The Morgan fingerprint density at radius 2 is 2.12 bits per heavy atom. The summed E-state index contributed by atoms with van der Waals surface area (Å²) in [6, 6.07) is 3.67. The van der Waals surface area contributed by atoms with E-state index >= 15 is 0 Å². The Morgan fingerprint density at radius 3 is 2.85 bits per heavy atom. The van der Waals surface area contributed by atoms with Gasteiger partial charge in [0.05, 0.1) is 6.54 Å². The molecule has 0 radical (unpaired) electrons. The number of halogens is 1. The van der Waals surface area contributed by atoms with Gasteiger partial charge in [-0.25, -0.2) is 14.4 Å². The Bertz CT molecular complexity index is 1020. The molecule has 1 fully saturated rings. The highest BCUT2D eigenvalue weighted by Gasteiger charge is 2.25. The Balaban J connectivity index is 1.49. The summed E-state index contributed by atoms with van der Waals surface area (Å²) in [5.41, 5.74) is 2.79. The lowest BCUT2D eigenvalue weighted by atomic mass is 9.90. The van der Waals surface area contributed by atoms with E-state index in [-0.39, 0.29) is 11.2 Å². The number of anilines is 1. The van der Waals surface area contributed by atoms with Crippen LogP contribution in [-0.4, -0.2) is 71.6 Å². The van der Waals surface area contributed by atoms with E-state index in [9.17, 15) is 9.18 Å². The number of nitrogens with zero attached hydrogens (tertiary/aromatic N) is 5. The van der Waals surface area contributed by atoms with Crippen molar-refractivity contribution in [2.75, 3.05) is 44.7 Å². The van der Waals surface area contributed by atoms with Crippen molar-refractivity contribution in [3.05, 3.63) is 29.6 Å². The third kappa shape index (κ3) is 6.29. The second-order valence-electron chi connectivity index (χ2n) is 10.7. The number of hydrogen-bond acceptors (Lipinski definition) is 7. The molecule has 1 aliphatic carbocycles. The van der Waals surface area contributed by atoms with Gasteiger partial charge in [-0.05, 0) is 37.2 Å². The average Bonchev–Trinajstić information content (AvgIpc) is 3.40. The maximum Gasteiger partial charge on any atom is 0.180 e. The van der Waals surface area contributed by atoms with Crippen LogP contribution in [0.5, 0.6) is 5.75 Å². The molecule has 1 aliphatic heterocycles. The van der Waals surface area contributed by atoms with Gasteiger partial charge < -0.3 is 9.64 Å². The van der Waals surface area contributed by atoms with Crippen LogP contribution in [0.25, 0.3) is 11.5 Å². The van der Waals surface area contributed by atoms with Crippen molar-refractivity contribution in [3.8, 4) is 17.3 Å². The number of aryl methyl sites for hydroxylation is 1. The molecule has 0 saturated carbocycles. The van der Waals surface area contributed by atoms with Crippen LogP contribution in [0.15, 0.2) is 18.3 Å². The van der Waals surface area contributed by atoms with Crippen LogP contribution in [0, 0.1) is 5.41 Å². The molecule has 0 aromatic carbocycles. The van der Waals surface area contributed by atoms with Crippen molar-refractivity contribution >= 4 is 11.6 Å². The average molecular weight is 470 g/mol. The molecule has 1 atom stereocenters. The minimum Gasteiger partial charge on any atom is -0.492 e. The highest BCUT2D eigenvalue weighted by molar-refractivity contribution is 5.84. The SMILES string of the molecule is CN(CC(=O)CC(C)(C)C)c1nc(-c2cc(OCCN3CC[C@H](F)C3)ccn2)nc2c1CCC2. The molecule has 34 heavy (non-hydrogen) atoms. The van der Waals surface area contributed by atoms with Crippen LogP contribution in [0.4, 0.5) is 10.2 Å². The second kappa shape index (κ2) is 10.3. The van der Waals surface area contributed by atoms with Gasteiger partial charge in [0, 0.05) is 56.6 Å². The normalized spacial score (nSPS) is 18.2. The molecule has 2 aromatic heterocycles. The molecular weight excluding hydrogens is 433 g/mol. The van der Waals surface area contributed by atoms with E-state index in [2.05, 4.69) is 30.7 Å². The molecule has 3 heterocycles. The zero-order valence-corrected chi connectivity index (χ0v) is 20.8. The smallest absolute Gasteiger partial charge is 0.180 e. The van der Waals surface area contributed by atoms with Gasteiger partial charge in [0.25, 0.3) is 0 Å². The minimum absolute atomic E-state index is 0.0383. The first kappa shape index (κ1) is 24.5. The maximum atomic E-state index is 13.4. The summed E-state index contributed by atoms with van der Waals surface area (Å²) in [6.07, 6.45) is 4.98. The number of likely N-dealkylation sites (N-methyl/N-ethyl adjacent to an activating group) is 1. The summed E-state index contributed by atoms with van der Waals surface area (Å²) in [5.74, 6) is 2.27. The minimum atomic E-state index is -0.722. The van der Waals surface area contributed by atoms with E-state index in [0.717, 1.165) is 42.9 Å². The summed E-state index contributed by atoms with van der Waals surface area (Å²) in [6.45, 7) is 9.02. The van der Waals surface area contributed by atoms with Gasteiger partial charge in [-0.15, -0.1) is 0 Å².